The minimum atomic E-state index is 0.866. The Morgan fingerprint density at radius 3 is 2.75 bits per heavy atom. The standard InChI is InChI=1S/C17H13BrN2/c18-20-10-4-5-12(11-20)13-7-3-8-15-14-6-1-2-9-16(14)19-17(13)15/h1-10,19H,11H2. The van der Waals surface area contributed by atoms with Gasteiger partial charge in [-0.25, -0.2) is 0 Å². The van der Waals surface area contributed by atoms with Gasteiger partial charge in [0.1, 0.15) is 0 Å². The van der Waals surface area contributed by atoms with Crippen LogP contribution in [0.2, 0.25) is 0 Å². The van der Waals surface area contributed by atoms with Gasteiger partial charge in [0, 0.05) is 44.2 Å². The molecule has 0 aliphatic carbocycles. The molecule has 98 valence electrons. The summed E-state index contributed by atoms with van der Waals surface area (Å²) in [7, 11) is 0. The van der Waals surface area contributed by atoms with Crippen LogP contribution in [-0.4, -0.2) is 15.5 Å². The fraction of sp³-hybridized carbons (Fsp3) is 0.0588. The summed E-state index contributed by atoms with van der Waals surface area (Å²) in [5, 5.41) is 2.57. The number of nitrogens with zero attached hydrogens (tertiary/aromatic N) is 1. The second-order valence-corrected chi connectivity index (χ2v) is 5.90. The van der Waals surface area contributed by atoms with Crippen LogP contribution < -0.4 is 0 Å². The fourth-order valence-corrected chi connectivity index (χ4v) is 3.24. The van der Waals surface area contributed by atoms with E-state index in [1.807, 2.05) is 10.1 Å². The predicted molar refractivity (Wildman–Crippen MR) is 88.6 cm³/mol. The van der Waals surface area contributed by atoms with Crippen molar-refractivity contribution in [2.75, 3.05) is 6.54 Å². The average molecular weight is 325 g/mol. The van der Waals surface area contributed by atoms with E-state index >= 15 is 0 Å². The number of nitrogens with one attached hydrogen (secondary N) is 1. The Balaban J connectivity index is 2.01. The maximum atomic E-state index is 3.56. The maximum absolute atomic E-state index is 3.56. The van der Waals surface area contributed by atoms with Crippen molar-refractivity contribution < 1.29 is 0 Å². The molecule has 2 aromatic carbocycles. The van der Waals surface area contributed by atoms with Gasteiger partial charge in [0.15, 0.2) is 0 Å². The van der Waals surface area contributed by atoms with Crippen LogP contribution in [-0.2, 0) is 0 Å². The third kappa shape index (κ3) is 1.78. The summed E-state index contributed by atoms with van der Waals surface area (Å²) in [6, 6.07) is 15.0. The van der Waals surface area contributed by atoms with E-state index in [0.717, 1.165) is 6.54 Å². The summed E-state index contributed by atoms with van der Waals surface area (Å²) in [4.78, 5) is 3.56. The number of rotatable bonds is 1. The Morgan fingerprint density at radius 1 is 1.00 bits per heavy atom. The highest BCUT2D eigenvalue weighted by molar-refractivity contribution is 9.07. The van der Waals surface area contributed by atoms with Crippen molar-refractivity contribution in [3.63, 3.8) is 0 Å². The van der Waals surface area contributed by atoms with E-state index in [4.69, 9.17) is 0 Å². The number of benzene rings is 2. The highest BCUT2D eigenvalue weighted by atomic mass is 79.9. The lowest BCUT2D eigenvalue weighted by Crippen LogP contribution is -2.10. The molecule has 0 bridgehead atoms. The Bertz CT molecular complexity index is 858. The normalized spacial score (nSPS) is 15.1. The van der Waals surface area contributed by atoms with Crippen LogP contribution in [0.25, 0.3) is 27.4 Å². The molecule has 0 fully saturated rings. The zero-order chi connectivity index (χ0) is 13.5. The summed E-state index contributed by atoms with van der Waals surface area (Å²) in [5.74, 6) is 0. The third-order valence-electron chi connectivity index (χ3n) is 3.75. The quantitative estimate of drug-likeness (QED) is 0.634. The second-order valence-electron chi connectivity index (χ2n) is 4.99. The lowest BCUT2D eigenvalue weighted by molar-refractivity contribution is 0.726. The highest BCUT2D eigenvalue weighted by Gasteiger charge is 2.13. The molecule has 20 heavy (non-hydrogen) atoms. The Morgan fingerprint density at radius 2 is 1.85 bits per heavy atom. The lowest BCUT2D eigenvalue weighted by Gasteiger charge is -2.18. The van der Waals surface area contributed by atoms with E-state index in [-0.39, 0.29) is 0 Å². The fourth-order valence-electron chi connectivity index (χ4n) is 2.84. The van der Waals surface area contributed by atoms with E-state index in [0.29, 0.717) is 0 Å². The predicted octanol–water partition coefficient (Wildman–Crippen LogP) is 4.84. The summed E-state index contributed by atoms with van der Waals surface area (Å²) in [6.45, 7) is 0.866. The van der Waals surface area contributed by atoms with E-state index in [9.17, 15) is 0 Å². The molecule has 0 radical (unpaired) electrons. The van der Waals surface area contributed by atoms with Gasteiger partial charge in [-0.2, -0.15) is 0 Å². The molecule has 1 aromatic heterocycles. The molecule has 1 aliphatic heterocycles. The van der Waals surface area contributed by atoms with Crippen LogP contribution >= 0.6 is 16.1 Å². The van der Waals surface area contributed by atoms with Gasteiger partial charge in [-0.3, -0.25) is 0 Å². The molecular formula is C17H13BrN2. The Labute approximate surface area is 125 Å². The van der Waals surface area contributed by atoms with Crippen LogP contribution in [0.5, 0.6) is 0 Å². The van der Waals surface area contributed by atoms with Crippen molar-refractivity contribution >= 4 is 43.5 Å². The first kappa shape index (κ1) is 11.8. The molecule has 4 rings (SSSR count). The summed E-state index contributed by atoms with van der Waals surface area (Å²) in [6.07, 6.45) is 6.27. The number of fused-ring (bicyclic) bond motifs is 3. The molecule has 0 atom stereocenters. The maximum Gasteiger partial charge on any atom is 0.0546 e. The van der Waals surface area contributed by atoms with Crippen LogP contribution in [0.1, 0.15) is 5.56 Å². The zero-order valence-corrected chi connectivity index (χ0v) is 12.4. The second kappa shape index (κ2) is 4.53. The van der Waals surface area contributed by atoms with Crippen LogP contribution in [0, 0.1) is 0 Å². The van der Waals surface area contributed by atoms with E-state index in [1.54, 1.807) is 0 Å². The number of aromatic nitrogens is 1. The Hall–Kier alpha value is -2.00. The number of hydrogen-bond acceptors (Lipinski definition) is 1. The van der Waals surface area contributed by atoms with Gasteiger partial charge >= 0.3 is 0 Å². The number of hydrogen-bond donors (Lipinski definition) is 1. The van der Waals surface area contributed by atoms with Crippen molar-refractivity contribution in [2.45, 2.75) is 0 Å². The summed E-state index contributed by atoms with van der Waals surface area (Å²) in [5.41, 5.74) is 4.99. The Kier molecular flexibility index (Phi) is 2.67. The van der Waals surface area contributed by atoms with E-state index < -0.39 is 0 Å². The first-order valence-corrected chi connectivity index (χ1v) is 7.33. The first-order chi connectivity index (χ1) is 9.83. The van der Waals surface area contributed by atoms with Gasteiger partial charge in [-0.15, -0.1) is 0 Å². The zero-order valence-electron chi connectivity index (χ0n) is 10.8. The minimum absolute atomic E-state index is 0.866. The van der Waals surface area contributed by atoms with Crippen LogP contribution in [0.4, 0.5) is 0 Å². The number of halogens is 1. The molecule has 2 nitrogen and oxygen atoms in total. The van der Waals surface area contributed by atoms with Crippen molar-refractivity contribution in [1.82, 2.24) is 8.91 Å². The number of allylic oxidation sites excluding steroid dienone is 2. The molecule has 0 unspecified atom stereocenters. The van der Waals surface area contributed by atoms with Crippen LogP contribution in [0.3, 0.4) is 0 Å². The number of para-hydroxylation sites is 2. The van der Waals surface area contributed by atoms with Gasteiger partial charge in [0.25, 0.3) is 0 Å². The van der Waals surface area contributed by atoms with E-state index in [1.165, 1.54) is 32.9 Å². The third-order valence-corrected chi connectivity index (χ3v) is 4.24. The lowest BCUT2D eigenvalue weighted by atomic mass is 10.0. The van der Waals surface area contributed by atoms with Gasteiger partial charge in [0.2, 0.25) is 0 Å². The van der Waals surface area contributed by atoms with Crippen molar-refractivity contribution in [1.29, 1.82) is 0 Å². The molecule has 1 N–H and O–H groups in total. The number of aromatic amines is 1. The van der Waals surface area contributed by atoms with Gasteiger partial charge < -0.3 is 8.91 Å². The smallest absolute Gasteiger partial charge is 0.0546 e. The summed E-state index contributed by atoms with van der Waals surface area (Å²) < 4.78 is 2.02. The van der Waals surface area contributed by atoms with Gasteiger partial charge in [0.05, 0.1) is 12.1 Å². The van der Waals surface area contributed by atoms with E-state index in [2.05, 4.69) is 75.7 Å². The molecule has 3 aromatic rings. The minimum Gasteiger partial charge on any atom is -0.354 e. The monoisotopic (exact) mass is 324 g/mol. The first-order valence-electron chi connectivity index (χ1n) is 6.62. The van der Waals surface area contributed by atoms with Gasteiger partial charge in [-0.05, 0) is 17.7 Å². The SMILES string of the molecule is BrN1C=CC=C(c2cccc3c2[nH]c2ccccc23)C1. The molecule has 3 heteroatoms. The molecule has 0 amide bonds. The molecular weight excluding hydrogens is 312 g/mol. The van der Waals surface area contributed by atoms with Crippen molar-refractivity contribution in [3.8, 4) is 0 Å². The summed E-state index contributed by atoms with van der Waals surface area (Å²) >= 11 is 3.52. The molecule has 0 spiro atoms. The van der Waals surface area contributed by atoms with Crippen molar-refractivity contribution in [3.05, 3.63) is 66.4 Å². The highest BCUT2D eigenvalue weighted by Crippen LogP contribution is 2.32. The number of H-pyrrole nitrogens is 1. The molecule has 0 saturated heterocycles. The topological polar surface area (TPSA) is 19.0 Å². The molecule has 1 aliphatic rings. The average Bonchev–Trinajstić information content (AvgIpc) is 2.86. The largest absolute Gasteiger partial charge is 0.354 e. The molecule has 0 saturated carbocycles. The van der Waals surface area contributed by atoms with Crippen molar-refractivity contribution in [2.24, 2.45) is 0 Å². The van der Waals surface area contributed by atoms with Gasteiger partial charge in [-0.1, -0.05) is 42.5 Å². The van der Waals surface area contributed by atoms with Crippen LogP contribution in [0.15, 0.2) is 60.8 Å². The molecule has 2 heterocycles.